The van der Waals surface area contributed by atoms with Gasteiger partial charge in [-0.05, 0) is 19.3 Å². The number of nitrogens with one attached hydrogen (secondary N) is 2. The van der Waals surface area contributed by atoms with Crippen molar-refractivity contribution in [1.82, 2.24) is 20.2 Å². The molecule has 0 aromatic carbocycles. The van der Waals surface area contributed by atoms with Gasteiger partial charge in [0.2, 0.25) is 12.0 Å². The molecule has 2 unspecified atom stereocenters. The van der Waals surface area contributed by atoms with Crippen molar-refractivity contribution in [3.05, 3.63) is 23.7 Å². The van der Waals surface area contributed by atoms with Crippen molar-refractivity contribution in [2.24, 2.45) is 5.73 Å². The zero-order chi connectivity index (χ0) is 21.7. The second-order valence-corrected chi connectivity index (χ2v) is 8.78. The molecule has 4 aliphatic rings. The number of hydrogen-bond acceptors (Lipinski definition) is 10. The number of nitrogens with two attached hydrogens (primary N) is 1. The third kappa shape index (κ3) is 3.76. The molecule has 1 amide bonds. The number of likely N-dealkylation sites (tertiary alicyclic amines) is 1. The molecule has 0 radical (unpaired) electrons. The van der Waals surface area contributed by atoms with E-state index in [4.69, 9.17) is 24.6 Å². The average molecular weight is 441 g/mol. The van der Waals surface area contributed by atoms with Gasteiger partial charge in [0.15, 0.2) is 5.58 Å². The predicted molar refractivity (Wildman–Crippen MR) is 116 cm³/mol. The van der Waals surface area contributed by atoms with Gasteiger partial charge in [-0.1, -0.05) is 0 Å². The Morgan fingerprint density at radius 1 is 1.19 bits per heavy atom. The van der Waals surface area contributed by atoms with E-state index in [1.54, 1.807) is 0 Å². The third-order valence-corrected chi connectivity index (χ3v) is 6.32. The largest absolute Gasteiger partial charge is 0.462 e. The van der Waals surface area contributed by atoms with Crippen molar-refractivity contribution in [3.8, 4) is 0 Å². The van der Waals surface area contributed by atoms with Crippen LogP contribution in [0.3, 0.4) is 0 Å². The first kappa shape index (κ1) is 19.8. The first-order valence-corrected chi connectivity index (χ1v) is 11.2. The summed E-state index contributed by atoms with van der Waals surface area (Å²) in [4.78, 5) is 26.4. The van der Waals surface area contributed by atoms with Gasteiger partial charge in [-0.15, -0.1) is 0 Å². The number of rotatable bonds is 5. The number of fused-ring (bicyclic) bond motifs is 1. The lowest BCUT2D eigenvalue weighted by Crippen LogP contribution is -2.44. The van der Waals surface area contributed by atoms with Crippen LogP contribution in [-0.2, 0) is 14.3 Å². The second-order valence-electron chi connectivity index (χ2n) is 8.78. The lowest BCUT2D eigenvalue weighted by molar-refractivity contribution is -0.113. The molecule has 2 atom stereocenters. The van der Waals surface area contributed by atoms with Gasteiger partial charge in [-0.3, -0.25) is 4.79 Å². The molecule has 6 rings (SSSR count). The smallest absolute Gasteiger partial charge is 0.300 e. The average Bonchev–Trinajstić information content (AvgIpc) is 3.19. The highest BCUT2D eigenvalue weighted by atomic mass is 16.5. The molecule has 0 bridgehead atoms. The monoisotopic (exact) mass is 441 g/mol. The van der Waals surface area contributed by atoms with Gasteiger partial charge in [0.05, 0.1) is 24.6 Å². The fourth-order valence-corrected chi connectivity index (χ4v) is 4.37. The molecule has 0 spiro atoms. The van der Waals surface area contributed by atoms with Crippen LogP contribution < -0.4 is 21.3 Å². The number of amides is 1. The van der Waals surface area contributed by atoms with E-state index in [1.165, 1.54) is 6.26 Å². The molecule has 1 saturated carbocycles. The Hall–Kier alpha value is -2.89. The Kier molecular flexibility index (Phi) is 4.89. The first-order chi connectivity index (χ1) is 15.6. The Morgan fingerprint density at radius 3 is 2.78 bits per heavy atom. The van der Waals surface area contributed by atoms with Crippen LogP contribution in [-0.4, -0.2) is 72.6 Å². The highest BCUT2D eigenvalue weighted by molar-refractivity contribution is 6.04. The SMILES string of the molecule is NC1CCN(C2NC(C(=O)Nc3cc4oc(N5CCOCC5)nc4nc3C3CC3)=CO2)C1. The van der Waals surface area contributed by atoms with Crippen LogP contribution in [0.25, 0.3) is 11.2 Å². The van der Waals surface area contributed by atoms with Crippen molar-refractivity contribution in [2.45, 2.75) is 37.6 Å². The van der Waals surface area contributed by atoms with E-state index < -0.39 is 0 Å². The highest BCUT2D eigenvalue weighted by Crippen LogP contribution is 2.43. The van der Waals surface area contributed by atoms with Crippen LogP contribution >= 0.6 is 0 Å². The first-order valence-electron chi connectivity index (χ1n) is 11.2. The molecule has 11 heteroatoms. The highest BCUT2D eigenvalue weighted by Gasteiger charge is 2.34. The Balaban J connectivity index is 1.20. The maximum atomic E-state index is 13.0. The van der Waals surface area contributed by atoms with E-state index in [9.17, 15) is 4.79 Å². The number of carbonyl (C=O) groups is 1. The van der Waals surface area contributed by atoms with Crippen molar-refractivity contribution in [3.63, 3.8) is 0 Å². The van der Waals surface area contributed by atoms with Gasteiger partial charge in [0.25, 0.3) is 11.9 Å². The summed E-state index contributed by atoms with van der Waals surface area (Å²) in [6, 6.07) is 2.51. The molecule has 2 aromatic rings. The summed E-state index contributed by atoms with van der Waals surface area (Å²) in [5.41, 5.74) is 9.00. The molecule has 3 fully saturated rings. The maximum Gasteiger partial charge on any atom is 0.300 e. The summed E-state index contributed by atoms with van der Waals surface area (Å²) in [5.74, 6) is 0.0609. The summed E-state index contributed by atoms with van der Waals surface area (Å²) < 4.78 is 17.0. The number of ether oxygens (including phenoxy) is 2. The normalized spacial score (nSPS) is 26.2. The number of pyridine rings is 1. The number of nitrogens with zero attached hydrogens (tertiary/aromatic N) is 4. The molecule has 1 aliphatic carbocycles. The van der Waals surface area contributed by atoms with Gasteiger partial charge < -0.3 is 35.2 Å². The van der Waals surface area contributed by atoms with Gasteiger partial charge >= 0.3 is 0 Å². The minimum absolute atomic E-state index is 0.140. The van der Waals surface area contributed by atoms with Gasteiger partial charge in [0, 0.05) is 44.2 Å². The third-order valence-electron chi connectivity index (χ3n) is 6.32. The zero-order valence-corrected chi connectivity index (χ0v) is 17.7. The maximum absolute atomic E-state index is 13.0. The van der Waals surface area contributed by atoms with E-state index in [-0.39, 0.29) is 18.3 Å². The molecule has 2 saturated heterocycles. The summed E-state index contributed by atoms with van der Waals surface area (Å²) in [6.07, 6.45) is 4.13. The van der Waals surface area contributed by atoms with E-state index in [0.717, 1.165) is 51.1 Å². The summed E-state index contributed by atoms with van der Waals surface area (Å²) in [7, 11) is 0. The molecule has 32 heavy (non-hydrogen) atoms. The second kappa shape index (κ2) is 7.91. The van der Waals surface area contributed by atoms with Crippen molar-refractivity contribution in [2.75, 3.05) is 49.6 Å². The van der Waals surface area contributed by atoms with E-state index >= 15 is 0 Å². The van der Waals surface area contributed by atoms with Crippen molar-refractivity contribution in [1.29, 1.82) is 0 Å². The Bertz CT molecular complexity index is 1060. The lowest BCUT2D eigenvalue weighted by atomic mass is 10.2. The van der Waals surface area contributed by atoms with Crippen molar-refractivity contribution < 1.29 is 18.7 Å². The number of aromatic nitrogens is 2. The molecule has 4 N–H and O–H groups in total. The van der Waals surface area contributed by atoms with Crippen LogP contribution in [0.15, 0.2) is 22.4 Å². The van der Waals surface area contributed by atoms with Crippen LogP contribution in [0.2, 0.25) is 0 Å². The zero-order valence-electron chi connectivity index (χ0n) is 17.7. The summed E-state index contributed by atoms with van der Waals surface area (Å²) in [5, 5.41) is 6.14. The minimum Gasteiger partial charge on any atom is -0.462 e. The predicted octanol–water partition coefficient (Wildman–Crippen LogP) is 0.653. The van der Waals surface area contributed by atoms with Gasteiger partial charge in [0.1, 0.15) is 12.0 Å². The Morgan fingerprint density at radius 2 is 2.03 bits per heavy atom. The van der Waals surface area contributed by atoms with Gasteiger partial charge in [-0.2, -0.15) is 4.98 Å². The quantitative estimate of drug-likeness (QED) is 0.608. The standard InChI is InChI=1S/C21H27N7O4/c22-13-3-4-28(10-13)20-24-15(11-31-20)19(29)23-14-9-16-18(25-17(14)12-1-2-12)26-21(32-16)27-5-7-30-8-6-27/h9,11-13,20,24H,1-8,10,22H2,(H,23,29). The minimum atomic E-state index is -0.363. The number of hydrogen-bond donors (Lipinski definition) is 3. The topological polar surface area (TPSA) is 131 Å². The summed E-state index contributed by atoms with van der Waals surface area (Å²) >= 11 is 0. The van der Waals surface area contributed by atoms with Crippen LogP contribution in [0.5, 0.6) is 0 Å². The molecule has 2 aromatic heterocycles. The molecule has 5 heterocycles. The van der Waals surface area contributed by atoms with E-state index in [2.05, 4.69) is 25.4 Å². The number of anilines is 2. The number of oxazole rings is 1. The number of carbonyl (C=O) groups excluding carboxylic acids is 1. The number of morpholine rings is 1. The van der Waals surface area contributed by atoms with E-state index in [0.29, 0.717) is 47.8 Å². The van der Waals surface area contributed by atoms with E-state index in [1.807, 2.05) is 6.07 Å². The van der Waals surface area contributed by atoms with Crippen molar-refractivity contribution >= 4 is 28.8 Å². The molecular weight excluding hydrogens is 414 g/mol. The lowest BCUT2D eigenvalue weighted by Gasteiger charge is -2.24. The summed E-state index contributed by atoms with van der Waals surface area (Å²) in [6.45, 7) is 4.34. The fourth-order valence-electron chi connectivity index (χ4n) is 4.37. The molecular formula is C21H27N7O4. The molecule has 3 aliphatic heterocycles. The van der Waals surface area contributed by atoms with Crippen LogP contribution in [0.1, 0.15) is 30.9 Å². The van der Waals surface area contributed by atoms with Crippen LogP contribution in [0, 0.1) is 0 Å². The Labute approximate surface area is 184 Å². The molecule has 11 nitrogen and oxygen atoms in total. The van der Waals surface area contributed by atoms with Gasteiger partial charge in [-0.25, -0.2) is 9.88 Å². The molecule has 170 valence electrons. The van der Waals surface area contributed by atoms with Crippen LogP contribution in [0.4, 0.5) is 11.7 Å². The fraction of sp³-hybridized carbons (Fsp3) is 0.571.